The van der Waals surface area contributed by atoms with Crippen molar-refractivity contribution in [2.75, 3.05) is 0 Å². The predicted octanol–water partition coefficient (Wildman–Crippen LogP) is 1.11. The molecule has 1 N–H and O–H groups in total. The second-order valence-corrected chi connectivity index (χ2v) is 4.67. The lowest BCUT2D eigenvalue weighted by atomic mass is 10.2. The number of aryl methyl sites for hydroxylation is 1. The van der Waals surface area contributed by atoms with Gasteiger partial charge in [0.2, 0.25) is 0 Å². The van der Waals surface area contributed by atoms with Gasteiger partial charge >= 0.3 is 5.69 Å². The van der Waals surface area contributed by atoms with Crippen LogP contribution in [0.1, 0.15) is 0 Å². The third-order valence-corrected chi connectivity index (χ3v) is 3.25. The molecule has 1 aromatic carbocycles. The van der Waals surface area contributed by atoms with Crippen molar-refractivity contribution in [3.05, 3.63) is 46.9 Å². The molecule has 0 aliphatic heterocycles. The van der Waals surface area contributed by atoms with E-state index in [1.54, 1.807) is 36.3 Å². The van der Waals surface area contributed by atoms with Crippen LogP contribution < -0.4 is 5.69 Å². The normalized spacial score (nSPS) is 11.5. The van der Waals surface area contributed by atoms with E-state index in [2.05, 4.69) is 20.2 Å². The van der Waals surface area contributed by atoms with E-state index >= 15 is 0 Å². The summed E-state index contributed by atoms with van der Waals surface area (Å²) in [6.07, 6.45) is 3.34. The molecule has 0 aliphatic carbocycles. The molecule has 8 heteroatoms. The fourth-order valence-corrected chi connectivity index (χ4v) is 2.28. The van der Waals surface area contributed by atoms with Crippen molar-refractivity contribution >= 4 is 16.6 Å². The average Bonchev–Trinajstić information content (AvgIpc) is 3.07. The summed E-state index contributed by atoms with van der Waals surface area (Å²) in [5.74, 6) is -0.136. The molecule has 104 valence electrons. The molecule has 0 unspecified atom stereocenters. The first-order valence-corrected chi connectivity index (χ1v) is 6.20. The molecule has 0 aliphatic rings. The number of halogens is 1. The number of aromatic amines is 1. The smallest absolute Gasteiger partial charge is 0.303 e. The van der Waals surface area contributed by atoms with Gasteiger partial charge in [-0.25, -0.2) is 14.2 Å². The van der Waals surface area contributed by atoms with Gasteiger partial charge in [-0.3, -0.25) is 4.68 Å². The summed E-state index contributed by atoms with van der Waals surface area (Å²) in [5, 5.41) is 8.70. The standard InChI is InChI=1S/C13H9FN6O/c1-19-6-7(5-15-19)11-17-12-8-3-2-4-9(14)10(8)16-13(21)20(12)18-11/h2-6H,1H3,(H,16,21). The Balaban J connectivity index is 2.11. The van der Waals surface area contributed by atoms with Crippen LogP contribution in [0.25, 0.3) is 27.9 Å². The second-order valence-electron chi connectivity index (χ2n) is 4.67. The number of para-hydroxylation sites is 1. The van der Waals surface area contributed by atoms with Crippen LogP contribution in [0.5, 0.6) is 0 Å². The van der Waals surface area contributed by atoms with Crippen LogP contribution in [0.4, 0.5) is 4.39 Å². The molecular weight excluding hydrogens is 275 g/mol. The molecule has 21 heavy (non-hydrogen) atoms. The first kappa shape index (κ1) is 11.8. The monoisotopic (exact) mass is 284 g/mol. The van der Waals surface area contributed by atoms with Gasteiger partial charge in [-0.2, -0.15) is 9.61 Å². The molecule has 0 saturated heterocycles. The molecule has 3 heterocycles. The highest BCUT2D eigenvalue weighted by Gasteiger charge is 2.14. The van der Waals surface area contributed by atoms with E-state index < -0.39 is 11.5 Å². The molecule has 0 fully saturated rings. The van der Waals surface area contributed by atoms with Crippen LogP contribution in [0, 0.1) is 5.82 Å². The van der Waals surface area contributed by atoms with Crippen molar-refractivity contribution in [3.8, 4) is 11.4 Å². The molecule has 7 nitrogen and oxygen atoms in total. The minimum absolute atomic E-state index is 0.125. The Morgan fingerprint density at radius 1 is 1.33 bits per heavy atom. The van der Waals surface area contributed by atoms with E-state index in [0.29, 0.717) is 22.4 Å². The molecule has 0 radical (unpaired) electrons. The number of rotatable bonds is 1. The van der Waals surface area contributed by atoms with Crippen LogP contribution >= 0.6 is 0 Å². The quantitative estimate of drug-likeness (QED) is 0.567. The number of nitrogens with zero attached hydrogens (tertiary/aromatic N) is 5. The average molecular weight is 284 g/mol. The van der Waals surface area contributed by atoms with Gasteiger partial charge in [0.15, 0.2) is 11.5 Å². The summed E-state index contributed by atoms with van der Waals surface area (Å²) in [7, 11) is 1.77. The van der Waals surface area contributed by atoms with E-state index in [4.69, 9.17) is 0 Å². The van der Waals surface area contributed by atoms with Crippen molar-refractivity contribution < 1.29 is 4.39 Å². The van der Waals surface area contributed by atoms with Gasteiger partial charge in [-0.1, -0.05) is 6.07 Å². The molecule has 3 aromatic heterocycles. The van der Waals surface area contributed by atoms with Gasteiger partial charge in [-0.05, 0) is 12.1 Å². The zero-order chi connectivity index (χ0) is 14.6. The van der Waals surface area contributed by atoms with E-state index in [1.807, 2.05) is 0 Å². The topological polar surface area (TPSA) is 80.9 Å². The maximum atomic E-state index is 13.8. The van der Waals surface area contributed by atoms with Crippen molar-refractivity contribution in [2.45, 2.75) is 0 Å². The highest BCUT2D eigenvalue weighted by atomic mass is 19.1. The third kappa shape index (κ3) is 1.65. The molecule has 0 spiro atoms. The first-order chi connectivity index (χ1) is 10.1. The van der Waals surface area contributed by atoms with Crippen LogP contribution in [0.2, 0.25) is 0 Å². The van der Waals surface area contributed by atoms with Crippen molar-refractivity contribution in [3.63, 3.8) is 0 Å². The molecule has 4 aromatic rings. The predicted molar refractivity (Wildman–Crippen MR) is 73.3 cm³/mol. The Bertz CT molecular complexity index is 1040. The maximum absolute atomic E-state index is 13.8. The lowest BCUT2D eigenvalue weighted by molar-refractivity contribution is 0.635. The number of aromatic nitrogens is 6. The molecule has 0 amide bonds. The fraction of sp³-hybridized carbons (Fsp3) is 0.0769. The van der Waals surface area contributed by atoms with E-state index in [-0.39, 0.29) is 5.52 Å². The summed E-state index contributed by atoms with van der Waals surface area (Å²) in [6.45, 7) is 0. The highest BCUT2D eigenvalue weighted by molar-refractivity contribution is 5.91. The second kappa shape index (κ2) is 3.98. The highest BCUT2D eigenvalue weighted by Crippen LogP contribution is 2.20. The Morgan fingerprint density at radius 3 is 2.95 bits per heavy atom. The minimum Gasteiger partial charge on any atom is -0.303 e. The van der Waals surface area contributed by atoms with E-state index in [9.17, 15) is 9.18 Å². The fourth-order valence-electron chi connectivity index (χ4n) is 2.28. The van der Waals surface area contributed by atoms with Gasteiger partial charge in [0.05, 0.1) is 17.3 Å². The van der Waals surface area contributed by atoms with E-state index in [0.717, 1.165) is 4.52 Å². The Kier molecular flexibility index (Phi) is 2.23. The lowest BCUT2D eigenvalue weighted by Gasteiger charge is -1.99. The number of nitrogens with one attached hydrogen (secondary N) is 1. The zero-order valence-electron chi connectivity index (χ0n) is 10.9. The molecule has 0 bridgehead atoms. The van der Waals surface area contributed by atoms with E-state index in [1.165, 1.54) is 6.07 Å². The molecular formula is C13H9FN6O. The molecule has 4 rings (SSSR count). The van der Waals surface area contributed by atoms with Gasteiger partial charge < -0.3 is 4.98 Å². The largest absolute Gasteiger partial charge is 0.348 e. The first-order valence-electron chi connectivity index (χ1n) is 6.20. The summed E-state index contributed by atoms with van der Waals surface area (Å²) in [5.41, 5.74) is 0.586. The number of benzene rings is 1. The maximum Gasteiger partial charge on any atom is 0.348 e. The van der Waals surface area contributed by atoms with Gasteiger partial charge in [-0.15, -0.1) is 5.10 Å². The summed E-state index contributed by atoms with van der Waals surface area (Å²) < 4.78 is 16.5. The lowest BCUT2D eigenvalue weighted by Crippen LogP contribution is -2.17. The zero-order valence-corrected chi connectivity index (χ0v) is 10.9. The van der Waals surface area contributed by atoms with Crippen LogP contribution in [0.15, 0.2) is 35.4 Å². The van der Waals surface area contributed by atoms with Gasteiger partial charge in [0, 0.05) is 18.6 Å². The minimum atomic E-state index is -0.537. The van der Waals surface area contributed by atoms with Crippen molar-refractivity contribution in [2.24, 2.45) is 7.05 Å². The Morgan fingerprint density at radius 2 is 2.19 bits per heavy atom. The van der Waals surface area contributed by atoms with Crippen molar-refractivity contribution in [1.29, 1.82) is 0 Å². The number of hydrogen-bond donors (Lipinski definition) is 1. The Hall–Kier alpha value is -3.03. The van der Waals surface area contributed by atoms with Crippen molar-refractivity contribution in [1.82, 2.24) is 29.4 Å². The summed E-state index contributed by atoms with van der Waals surface area (Å²) in [6, 6.07) is 4.53. The number of H-pyrrole nitrogens is 1. The van der Waals surface area contributed by atoms with Crippen LogP contribution in [0.3, 0.4) is 0 Å². The summed E-state index contributed by atoms with van der Waals surface area (Å²) >= 11 is 0. The van der Waals surface area contributed by atoms with Gasteiger partial charge in [0.1, 0.15) is 5.82 Å². The van der Waals surface area contributed by atoms with Crippen LogP contribution in [-0.2, 0) is 7.05 Å². The van der Waals surface area contributed by atoms with Gasteiger partial charge in [0.25, 0.3) is 0 Å². The third-order valence-electron chi connectivity index (χ3n) is 3.25. The van der Waals surface area contributed by atoms with Crippen LogP contribution in [-0.4, -0.2) is 29.4 Å². The summed E-state index contributed by atoms with van der Waals surface area (Å²) in [4.78, 5) is 18.8. The Labute approximate surface area is 116 Å². The molecule has 0 atom stereocenters. The number of fused-ring (bicyclic) bond motifs is 3. The molecule has 0 saturated carbocycles. The SMILES string of the molecule is Cn1cc(-c2nc3c4cccc(F)c4[nH]c(=O)n3n2)cn1. The number of hydrogen-bond acceptors (Lipinski definition) is 4.